The van der Waals surface area contributed by atoms with E-state index < -0.39 is 0 Å². The Kier molecular flexibility index (Phi) is 8.67. The number of aliphatic hydroxyl groups is 1. The second-order valence-electron chi connectivity index (χ2n) is 6.27. The molecule has 1 aliphatic rings. The summed E-state index contributed by atoms with van der Waals surface area (Å²) in [5, 5.41) is 12.8. The molecule has 0 aromatic heterocycles. The van der Waals surface area contributed by atoms with Crippen LogP contribution in [0, 0.1) is 11.8 Å². The quantitative estimate of drug-likeness (QED) is 0.676. The summed E-state index contributed by atoms with van der Waals surface area (Å²) in [6.07, 6.45) is 8.02. The molecule has 1 fully saturated rings. The van der Waals surface area contributed by atoms with Crippen molar-refractivity contribution in [1.82, 2.24) is 10.2 Å². The van der Waals surface area contributed by atoms with Crippen molar-refractivity contribution < 1.29 is 5.11 Å². The molecule has 0 amide bonds. The maximum atomic E-state index is 9.05. The second-order valence-corrected chi connectivity index (χ2v) is 6.27. The van der Waals surface area contributed by atoms with Gasteiger partial charge in [0.15, 0.2) is 0 Å². The Morgan fingerprint density at radius 1 is 1.21 bits per heavy atom. The van der Waals surface area contributed by atoms with Gasteiger partial charge in [-0.3, -0.25) is 0 Å². The van der Waals surface area contributed by atoms with Crippen LogP contribution in [0.5, 0.6) is 0 Å². The van der Waals surface area contributed by atoms with E-state index in [1.54, 1.807) is 0 Å². The minimum absolute atomic E-state index is 0.272. The molecule has 0 saturated heterocycles. The lowest BCUT2D eigenvalue weighted by Gasteiger charge is -2.38. The smallest absolute Gasteiger partial charge is 0.0558 e. The van der Waals surface area contributed by atoms with Gasteiger partial charge in [0.1, 0.15) is 0 Å². The van der Waals surface area contributed by atoms with Crippen LogP contribution in [0.15, 0.2) is 0 Å². The third kappa shape index (κ3) is 6.24. The van der Waals surface area contributed by atoms with E-state index in [-0.39, 0.29) is 6.61 Å². The summed E-state index contributed by atoms with van der Waals surface area (Å²) in [5.74, 6) is 1.69. The van der Waals surface area contributed by atoms with Crippen LogP contribution in [0.2, 0.25) is 0 Å². The van der Waals surface area contributed by atoms with E-state index in [0.717, 1.165) is 31.5 Å². The van der Waals surface area contributed by atoms with E-state index in [1.807, 2.05) is 0 Å². The normalized spacial score (nSPS) is 27.9. The van der Waals surface area contributed by atoms with E-state index in [4.69, 9.17) is 5.11 Å². The third-order valence-corrected chi connectivity index (χ3v) is 4.47. The van der Waals surface area contributed by atoms with Gasteiger partial charge >= 0.3 is 0 Å². The number of likely N-dealkylation sites (N-methyl/N-ethyl adjacent to an activating group) is 1. The number of hydrogen-bond acceptors (Lipinski definition) is 3. The average Bonchev–Trinajstić information content (AvgIpc) is 2.38. The first kappa shape index (κ1) is 16.9. The fourth-order valence-corrected chi connectivity index (χ4v) is 3.49. The molecule has 3 unspecified atom stereocenters. The first-order valence-corrected chi connectivity index (χ1v) is 8.24. The van der Waals surface area contributed by atoms with Crippen molar-refractivity contribution in [2.24, 2.45) is 11.8 Å². The van der Waals surface area contributed by atoms with Crippen LogP contribution in [0.25, 0.3) is 0 Å². The molecule has 114 valence electrons. The number of rotatable bonds is 9. The van der Waals surface area contributed by atoms with Crippen molar-refractivity contribution in [3.63, 3.8) is 0 Å². The first-order chi connectivity index (χ1) is 9.21. The number of nitrogens with one attached hydrogen (secondary N) is 1. The van der Waals surface area contributed by atoms with Crippen LogP contribution in [0.1, 0.15) is 52.4 Å². The van der Waals surface area contributed by atoms with Gasteiger partial charge in [0.2, 0.25) is 0 Å². The summed E-state index contributed by atoms with van der Waals surface area (Å²) in [6.45, 7) is 7.88. The van der Waals surface area contributed by atoms with Gasteiger partial charge in [-0.05, 0) is 51.1 Å². The fourth-order valence-electron chi connectivity index (χ4n) is 3.49. The van der Waals surface area contributed by atoms with E-state index in [2.05, 4.69) is 31.1 Å². The molecule has 0 radical (unpaired) electrons. The predicted molar refractivity (Wildman–Crippen MR) is 82.4 cm³/mol. The summed E-state index contributed by atoms with van der Waals surface area (Å²) < 4.78 is 0. The van der Waals surface area contributed by atoms with Gasteiger partial charge in [0.25, 0.3) is 0 Å². The lowest BCUT2D eigenvalue weighted by molar-refractivity contribution is 0.135. The van der Waals surface area contributed by atoms with Gasteiger partial charge in [-0.2, -0.15) is 0 Å². The lowest BCUT2D eigenvalue weighted by atomic mass is 9.76. The standard InChI is InChI=1S/C16H34N2O/c1-4-6-14-7-8-16(17-9-5-2)15(12-14)13-18(3)10-11-19/h14-17,19H,4-13H2,1-3H3. The topological polar surface area (TPSA) is 35.5 Å². The Hall–Kier alpha value is -0.120. The van der Waals surface area contributed by atoms with Crippen molar-refractivity contribution in [3.05, 3.63) is 0 Å². The number of nitrogens with zero attached hydrogens (tertiary/aromatic N) is 1. The van der Waals surface area contributed by atoms with E-state index in [9.17, 15) is 0 Å². The van der Waals surface area contributed by atoms with E-state index in [0.29, 0.717) is 6.04 Å². The minimum atomic E-state index is 0.272. The fraction of sp³-hybridized carbons (Fsp3) is 1.00. The molecule has 3 atom stereocenters. The lowest BCUT2D eigenvalue weighted by Crippen LogP contribution is -2.45. The molecule has 1 aliphatic carbocycles. The monoisotopic (exact) mass is 270 g/mol. The highest BCUT2D eigenvalue weighted by molar-refractivity contribution is 4.86. The molecule has 19 heavy (non-hydrogen) atoms. The molecule has 0 aromatic rings. The molecule has 1 saturated carbocycles. The molecular weight excluding hydrogens is 236 g/mol. The summed E-state index contributed by atoms with van der Waals surface area (Å²) in [7, 11) is 2.14. The van der Waals surface area contributed by atoms with Crippen LogP contribution in [-0.4, -0.2) is 49.3 Å². The van der Waals surface area contributed by atoms with Gasteiger partial charge in [-0.25, -0.2) is 0 Å². The number of aliphatic hydroxyl groups excluding tert-OH is 1. The van der Waals surface area contributed by atoms with Gasteiger partial charge in [-0.1, -0.05) is 26.7 Å². The van der Waals surface area contributed by atoms with Crippen molar-refractivity contribution in [2.75, 3.05) is 33.3 Å². The maximum absolute atomic E-state index is 9.05. The molecule has 0 bridgehead atoms. The Morgan fingerprint density at radius 3 is 2.63 bits per heavy atom. The predicted octanol–water partition coefficient (Wildman–Crippen LogP) is 2.50. The van der Waals surface area contributed by atoms with E-state index >= 15 is 0 Å². The van der Waals surface area contributed by atoms with Crippen molar-refractivity contribution in [3.8, 4) is 0 Å². The van der Waals surface area contributed by atoms with Crippen molar-refractivity contribution >= 4 is 0 Å². The van der Waals surface area contributed by atoms with Crippen molar-refractivity contribution in [2.45, 2.75) is 58.4 Å². The molecule has 3 nitrogen and oxygen atoms in total. The highest BCUT2D eigenvalue weighted by Gasteiger charge is 2.30. The van der Waals surface area contributed by atoms with Crippen LogP contribution in [0.4, 0.5) is 0 Å². The molecule has 1 rings (SSSR count). The van der Waals surface area contributed by atoms with Crippen molar-refractivity contribution in [1.29, 1.82) is 0 Å². The Balaban J connectivity index is 2.49. The minimum Gasteiger partial charge on any atom is -0.395 e. The summed E-state index contributed by atoms with van der Waals surface area (Å²) >= 11 is 0. The summed E-state index contributed by atoms with van der Waals surface area (Å²) in [4.78, 5) is 2.29. The molecular formula is C16H34N2O. The van der Waals surface area contributed by atoms with Crippen LogP contribution < -0.4 is 5.32 Å². The highest BCUT2D eigenvalue weighted by atomic mass is 16.3. The number of hydrogen-bond donors (Lipinski definition) is 2. The summed E-state index contributed by atoms with van der Waals surface area (Å²) in [6, 6.07) is 0.689. The Bertz CT molecular complexity index is 221. The molecule has 0 aromatic carbocycles. The Labute approximate surface area is 119 Å². The summed E-state index contributed by atoms with van der Waals surface area (Å²) in [5.41, 5.74) is 0. The first-order valence-electron chi connectivity index (χ1n) is 8.24. The average molecular weight is 270 g/mol. The Morgan fingerprint density at radius 2 is 2.00 bits per heavy atom. The third-order valence-electron chi connectivity index (χ3n) is 4.47. The highest BCUT2D eigenvalue weighted by Crippen LogP contribution is 2.32. The molecule has 2 N–H and O–H groups in total. The maximum Gasteiger partial charge on any atom is 0.0558 e. The van der Waals surface area contributed by atoms with E-state index in [1.165, 1.54) is 38.5 Å². The zero-order valence-electron chi connectivity index (χ0n) is 13.2. The molecule has 0 heterocycles. The van der Waals surface area contributed by atoms with Gasteiger partial charge in [0, 0.05) is 19.1 Å². The molecule has 3 heteroatoms. The van der Waals surface area contributed by atoms with Crippen LogP contribution in [-0.2, 0) is 0 Å². The SMILES string of the molecule is CCCNC1CCC(CCC)CC1CN(C)CCO. The molecule has 0 aliphatic heterocycles. The van der Waals surface area contributed by atoms with Crippen LogP contribution >= 0.6 is 0 Å². The van der Waals surface area contributed by atoms with Gasteiger partial charge in [-0.15, -0.1) is 0 Å². The van der Waals surface area contributed by atoms with Gasteiger partial charge < -0.3 is 15.3 Å². The second kappa shape index (κ2) is 9.73. The zero-order valence-corrected chi connectivity index (χ0v) is 13.2. The largest absolute Gasteiger partial charge is 0.395 e. The zero-order chi connectivity index (χ0) is 14.1. The van der Waals surface area contributed by atoms with Gasteiger partial charge in [0.05, 0.1) is 6.61 Å². The van der Waals surface area contributed by atoms with Crippen LogP contribution in [0.3, 0.4) is 0 Å². The molecule has 0 spiro atoms.